The normalized spacial score (nSPS) is 45.8. The molecule has 0 saturated carbocycles. The summed E-state index contributed by atoms with van der Waals surface area (Å²) in [6.45, 7) is 0. The van der Waals surface area contributed by atoms with E-state index in [-0.39, 0.29) is 12.1 Å². The van der Waals surface area contributed by atoms with E-state index in [1.807, 2.05) is 0 Å². The van der Waals surface area contributed by atoms with Crippen molar-refractivity contribution >= 4 is 22.6 Å². The summed E-state index contributed by atoms with van der Waals surface area (Å²) in [4.78, 5) is 0. The molecule has 1 aliphatic rings. The summed E-state index contributed by atoms with van der Waals surface area (Å²) in [7, 11) is 0. The lowest BCUT2D eigenvalue weighted by molar-refractivity contribution is -0.196. The summed E-state index contributed by atoms with van der Waals surface area (Å²) in [5.74, 6) is 0. The van der Waals surface area contributed by atoms with Gasteiger partial charge in [0.15, 0.2) is 6.29 Å². The van der Waals surface area contributed by atoms with Gasteiger partial charge in [0, 0.05) is 16.9 Å². The first-order chi connectivity index (χ1) is 5.15. The van der Waals surface area contributed by atoms with Gasteiger partial charge in [0.05, 0.1) is 12.2 Å². The summed E-state index contributed by atoms with van der Waals surface area (Å²) in [6, 6.07) is -0.362. The fourth-order valence-electron chi connectivity index (χ4n) is 1.11. The summed E-state index contributed by atoms with van der Waals surface area (Å²) in [6.07, 6.45) is -1.47. The minimum Gasteiger partial charge on any atom is -0.389 e. The van der Waals surface area contributed by atoms with Gasteiger partial charge in [-0.2, -0.15) is 0 Å². The maximum absolute atomic E-state index is 9.39. The molecular formula is C6H12INO3. The molecule has 0 aromatic rings. The number of nitrogens with two attached hydrogens (primary N) is 1. The maximum Gasteiger partial charge on any atom is 0.156 e. The summed E-state index contributed by atoms with van der Waals surface area (Å²) in [5.41, 5.74) is 5.54. The molecule has 1 rings (SSSR count). The number of aliphatic hydroxyl groups is 2. The Bertz CT molecular complexity index is 135. The van der Waals surface area contributed by atoms with Crippen LogP contribution in [-0.2, 0) is 4.74 Å². The molecule has 4 N–H and O–H groups in total. The minimum absolute atomic E-state index is 0.314. The molecule has 11 heavy (non-hydrogen) atoms. The van der Waals surface area contributed by atoms with Crippen molar-refractivity contribution in [3.05, 3.63) is 0 Å². The van der Waals surface area contributed by atoms with Gasteiger partial charge >= 0.3 is 0 Å². The fraction of sp³-hybridized carbons (Fsp3) is 1.00. The zero-order chi connectivity index (χ0) is 8.43. The standard InChI is InChI=1S/C6H12INO3/c7-2-4-6(10)3(8)1-5(9)11-4/h3-6,9-10H,1-2,8H2/t3?,4?,5?,6-/m1/s1. The highest BCUT2D eigenvalue weighted by Crippen LogP contribution is 2.18. The van der Waals surface area contributed by atoms with Crippen LogP contribution < -0.4 is 5.73 Å². The van der Waals surface area contributed by atoms with Crippen LogP contribution in [0.5, 0.6) is 0 Å². The molecule has 1 fully saturated rings. The molecule has 1 saturated heterocycles. The number of aliphatic hydroxyl groups excluding tert-OH is 2. The predicted octanol–water partition coefficient (Wildman–Crippen LogP) is -0.783. The second-order valence-corrected chi connectivity index (χ2v) is 3.55. The third kappa shape index (κ3) is 2.25. The van der Waals surface area contributed by atoms with Crippen LogP contribution >= 0.6 is 22.6 Å². The third-order valence-corrected chi connectivity index (χ3v) is 2.65. The Morgan fingerprint density at radius 3 is 2.73 bits per heavy atom. The smallest absolute Gasteiger partial charge is 0.156 e. The van der Waals surface area contributed by atoms with Crippen molar-refractivity contribution < 1.29 is 14.9 Å². The maximum atomic E-state index is 9.39. The van der Waals surface area contributed by atoms with E-state index < -0.39 is 12.4 Å². The quantitative estimate of drug-likeness (QED) is 0.432. The second kappa shape index (κ2) is 3.99. The van der Waals surface area contributed by atoms with E-state index in [0.29, 0.717) is 10.8 Å². The van der Waals surface area contributed by atoms with Crippen LogP contribution in [0, 0.1) is 0 Å². The molecule has 0 aliphatic carbocycles. The molecular weight excluding hydrogens is 261 g/mol. The van der Waals surface area contributed by atoms with Crippen LogP contribution in [0.2, 0.25) is 0 Å². The lowest BCUT2D eigenvalue weighted by Crippen LogP contribution is -2.52. The average Bonchev–Trinajstić information content (AvgIpc) is 1.96. The molecule has 0 bridgehead atoms. The molecule has 66 valence electrons. The van der Waals surface area contributed by atoms with Gasteiger partial charge in [-0.25, -0.2) is 0 Å². The van der Waals surface area contributed by atoms with Crippen molar-refractivity contribution in [1.82, 2.24) is 0 Å². The number of ether oxygens (including phenoxy) is 1. The van der Waals surface area contributed by atoms with E-state index in [1.165, 1.54) is 0 Å². The number of hydrogen-bond donors (Lipinski definition) is 3. The molecule has 0 aromatic carbocycles. The first-order valence-electron chi connectivity index (χ1n) is 3.48. The molecule has 1 aliphatic heterocycles. The van der Waals surface area contributed by atoms with E-state index >= 15 is 0 Å². The van der Waals surface area contributed by atoms with Crippen molar-refractivity contribution in [2.24, 2.45) is 5.73 Å². The van der Waals surface area contributed by atoms with E-state index in [1.54, 1.807) is 0 Å². The van der Waals surface area contributed by atoms with Gasteiger partial charge in [-0.05, 0) is 0 Å². The minimum atomic E-state index is -0.812. The van der Waals surface area contributed by atoms with Gasteiger partial charge in [0.25, 0.3) is 0 Å². The number of rotatable bonds is 1. The molecule has 3 unspecified atom stereocenters. The average molecular weight is 273 g/mol. The largest absolute Gasteiger partial charge is 0.389 e. The van der Waals surface area contributed by atoms with Crippen LogP contribution in [0.25, 0.3) is 0 Å². The van der Waals surface area contributed by atoms with Crippen molar-refractivity contribution in [3.8, 4) is 0 Å². The van der Waals surface area contributed by atoms with Gasteiger partial charge in [-0.15, -0.1) is 0 Å². The van der Waals surface area contributed by atoms with Crippen molar-refractivity contribution in [3.63, 3.8) is 0 Å². The molecule has 4 atom stereocenters. The Kier molecular flexibility index (Phi) is 3.51. The molecule has 0 radical (unpaired) electrons. The van der Waals surface area contributed by atoms with Gasteiger partial charge in [-0.1, -0.05) is 22.6 Å². The number of halogens is 1. The summed E-state index contributed by atoms with van der Waals surface area (Å²) >= 11 is 2.09. The highest BCUT2D eigenvalue weighted by atomic mass is 127. The molecule has 5 heteroatoms. The Morgan fingerprint density at radius 2 is 2.18 bits per heavy atom. The zero-order valence-electron chi connectivity index (χ0n) is 5.98. The van der Waals surface area contributed by atoms with E-state index in [0.717, 1.165) is 0 Å². The van der Waals surface area contributed by atoms with E-state index in [9.17, 15) is 5.11 Å². The van der Waals surface area contributed by atoms with Crippen LogP contribution in [0.4, 0.5) is 0 Å². The molecule has 0 spiro atoms. The van der Waals surface area contributed by atoms with Crippen molar-refractivity contribution in [1.29, 1.82) is 0 Å². The zero-order valence-corrected chi connectivity index (χ0v) is 8.14. The van der Waals surface area contributed by atoms with Gasteiger partial charge in [-0.3, -0.25) is 0 Å². The van der Waals surface area contributed by atoms with Crippen LogP contribution in [0.15, 0.2) is 0 Å². The van der Waals surface area contributed by atoms with E-state index in [2.05, 4.69) is 22.6 Å². The summed E-state index contributed by atoms with van der Waals surface area (Å²) < 4.78 is 5.68. The third-order valence-electron chi connectivity index (χ3n) is 1.78. The molecule has 1 heterocycles. The highest BCUT2D eigenvalue weighted by Gasteiger charge is 2.33. The molecule has 0 amide bonds. The first-order valence-corrected chi connectivity index (χ1v) is 5.01. The van der Waals surface area contributed by atoms with Gasteiger partial charge in [0.1, 0.15) is 0 Å². The SMILES string of the molecule is NC1CC(O)OC(CI)[C@@H]1O. The van der Waals surface area contributed by atoms with E-state index in [4.69, 9.17) is 15.6 Å². The molecule has 4 nitrogen and oxygen atoms in total. The second-order valence-electron chi connectivity index (χ2n) is 2.67. The number of hydrogen-bond acceptors (Lipinski definition) is 4. The monoisotopic (exact) mass is 273 g/mol. The van der Waals surface area contributed by atoms with Crippen LogP contribution in [0.3, 0.4) is 0 Å². The predicted molar refractivity (Wildman–Crippen MR) is 48.4 cm³/mol. The topological polar surface area (TPSA) is 75.7 Å². The number of alkyl halides is 1. The Hall–Kier alpha value is 0.570. The van der Waals surface area contributed by atoms with Gasteiger partial charge in [0.2, 0.25) is 0 Å². The highest BCUT2D eigenvalue weighted by molar-refractivity contribution is 14.1. The lowest BCUT2D eigenvalue weighted by atomic mass is 10.0. The van der Waals surface area contributed by atoms with Gasteiger partial charge < -0.3 is 20.7 Å². The fourth-order valence-corrected chi connectivity index (χ4v) is 1.84. The Labute approximate surface area is 78.9 Å². The first kappa shape index (κ1) is 9.66. The van der Waals surface area contributed by atoms with Crippen LogP contribution in [0.1, 0.15) is 6.42 Å². The van der Waals surface area contributed by atoms with Crippen molar-refractivity contribution in [2.45, 2.75) is 31.0 Å². The lowest BCUT2D eigenvalue weighted by Gasteiger charge is -2.34. The van der Waals surface area contributed by atoms with Crippen LogP contribution in [-0.4, -0.2) is 39.2 Å². The molecule has 0 aromatic heterocycles. The Balaban J connectivity index is 2.51. The summed E-state index contributed by atoms with van der Waals surface area (Å²) in [5, 5.41) is 18.5. The van der Waals surface area contributed by atoms with Crippen molar-refractivity contribution in [2.75, 3.05) is 4.43 Å². The Morgan fingerprint density at radius 1 is 1.55 bits per heavy atom.